The monoisotopic (exact) mass is 282 g/mol. The van der Waals surface area contributed by atoms with E-state index >= 15 is 0 Å². The fraction of sp³-hybridized carbons (Fsp3) is 0.933. The molecule has 0 aromatic heterocycles. The van der Waals surface area contributed by atoms with E-state index in [0.29, 0.717) is 17.4 Å². The predicted octanol–water partition coefficient (Wildman–Crippen LogP) is 1.19. The molecule has 1 saturated carbocycles. The number of hydrogen-bond donors (Lipinski definition) is 2. The summed E-state index contributed by atoms with van der Waals surface area (Å²) in [5.74, 6) is 0.608. The molecule has 0 spiro atoms. The summed E-state index contributed by atoms with van der Waals surface area (Å²) in [5, 5.41) is 3.30. The van der Waals surface area contributed by atoms with Gasteiger partial charge in [0.05, 0.1) is 0 Å². The average molecular weight is 282 g/mol. The van der Waals surface area contributed by atoms with E-state index in [4.69, 9.17) is 10.5 Å². The van der Waals surface area contributed by atoms with Gasteiger partial charge in [0.15, 0.2) is 5.96 Å². The number of guanidine groups is 1. The molecule has 2 rings (SSSR count). The number of likely N-dealkylation sites (N-methyl/N-ethyl adjacent to an activating group) is 1. The maximum atomic E-state index is 5.99. The number of nitrogens with zero attached hydrogens (tertiary/aromatic N) is 2. The van der Waals surface area contributed by atoms with E-state index in [1.54, 1.807) is 7.11 Å². The van der Waals surface area contributed by atoms with Crippen molar-refractivity contribution in [3.05, 3.63) is 0 Å². The second kappa shape index (κ2) is 7.27. The van der Waals surface area contributed by atoms with Gasteiger partial charge < -0.3 is 15.8 Å². The van der Waals surface area contributed by atoms with Gasteiger partial charge in [-0.3, -0.25) is 9.89 Å². The molecule has 1 aliphatic carbocycles. The number of likely N-dealkylation sites (tertiary alicyclic amines) is 1. The molecule has 1 atom stereocenters. The summed E-state index contributed by atoms with van der Waals surface area (Å²) in [6, 6.07) is 0.622. The molecule has 0 aromatic carbocycles. The maximum absolute atomic E-state index is 5.99. The minimum Gasteiger partial charge on any atom is -0.385 e. The normalized spacial score (nSPS) is 25.9. The Morgan fingerprint density at radius 3 is 2.95 bits per heavy atom. The summed E-state index contributed by atoms with van der Waals surface area (Å²) < 4.78 is 5.16. The van der Waals surface area contributed by atoms with Gasteiger partial charge in [0.1, 0.15) is 0 Å². The fourth-order valence-electron chi connectivity index (χ4n) is 3.06. The van der Waals surface area contributed by atoms with Crippen molar-refractivity contribution in [1.82, 2.24) is 10.2 Å². The highest BCUT2D eigenvalue weighted by molar-refractivity contribution is 5.77. The van der Waals surface area contributed by atoms with Gasteiger partial charge >= 0.3 is 0 Å². The Hall–Kier alpha value is -0.810. The largest absolute Gasteiger partial charge is 0.385 e. The van der Waals surface area contributed by atoms with Gasteiger partial charge in [-0.1, -0.05) is 6.92 Å². The van der Waals surface area contributed by atoms with Gasteiger partial charge in [-0.15, -0.1) is 0 Å². The zero-order chi connectivity index (χ0) is 14.4. The Labute approximate surface area is 122 Å². The molecular formula is C15H30N4O. The van der Waals surface area contributed by atoms with Crippen LogP contribution in [0.2, 0.25) is 0 Å². The Balaban J connectivity index is 1.69. The molecule has 20 heavy (non-hydrogen) atoms. The maximum Gasteiger partial charge on any atom is 0.188 e. The molecule has 0 aromatic rings. The number of aliphatic imine (C=N–C) groups is 1. The van der Waals surface area contributed by atoms with Gasteiger partial charge in [0.2, 0.25) is 0 Å². The third kappa shape index (κ3) is 4.35. The van der Waals surface area contributed by atoms with Gasteiger partial charge in [-0.2, -0.15) is 0 Å². The first kappa shape index (κ1) is 15.6. The summed E-state index contributed by atoms with van der Waals surface area (Å²) in [6.45, 7) is 7.17. The molecule has 0 radical (unpaired) electrons. The van der Waals surface area contributed by atoms with E-state index in [9.17, 15) is 0 Å². The highest BCUT2D eigenvalue weighted by Crippen LogP contribution is 2.48. The van der Waals surface area contributed by atoms with E-state index in [1.807, 2.05) is 0 Å². The second-order valence-corrected chi connectivity index (χ2v) is 6.25. The lowest BCUT2D eigenvalue weighted by atomic mass is 10.0. The van der Waals surface area contributed by atoms with E-state index in [0.717, 1.165) is 32.7 Å². The van der Waals surface area contributed by atoms with E-state index < -0.39 is 0 Å². The van der Waals surface area contributed by atoms with Gasteiger partial charge in [-0.25, -0.2) is 0 Å². The lowest BCUT2D eigenvalue weighted by molar-refractivity contribution is 0.174. The highest BCUT2D eigenvalue weighted by atomic mass is 16.5. The zero-order valence-corrected chi connectivity index (χ0v) is 13.0. The molecule has 0 bridgehead atoms. The number of methoxy groups -OCH3 is 1. The van der Waals surface area contributed by atoms with Crippen LogP contribution in [0.4, 0.5) is 0 Å². The molecule has 1 aliphatic heterocycles. The molecule has 1 heterocycles. The van der Waals surface area contributed by atoms with Crippen molar-refractivity contribution >= 4 is 5.96 Å². The number of nitrogens with two attached hydrogens (primary N) is 1. The molecule has 3 N–H and O–H groups in total. The summed E-state index contributed by atoms with van der Waals surface area (Å²) in [7, 11) is 1.76. The predicted molar refractivity (Wildman–Crippen MR) is 82.9 cm³/mol. The smallest absolute Gasteiger partial charge is 0.188 e. The first-order valence-electron chi connectivity index (χ1n) is 7.96. The van der Waals surface area contributed by atoms with E-state index in [2.05, 4.69) is 22.1 Å². The van der Waals surface area contributed by atoms with Crippen LogP contribution in [0, 0.1) is 5.41 Å². The van der Waals surface area contributed by atoms with E-state index in [-0.39, 0.29) is 0 Å². The molecule has 1 unspecified atom stereocenters. The van der Waals surface area contributed by atoms with Crippen molar-refractivity contribution in [2.75, 3.05) is 39.9 Å². The third-order valence-electron chi connectivity index (χ3n) is 4.80. The minimum atomic E-state index is 0.380. The van der Waals surface area contributed by atoms with Crippen LogP contribution in [0.5, 0.6) is 0 Å². The van der Waals surface area contributed by atoms with Crippen molar-refractivity contribution in [1.29, 1.82) is 0 Å². The number of ether oxygens (including phenoxy) is 1. The number of nitrogens with one attached hydrogen (secondary N) is 1. The lowest BCUT2D eigenvalue weighted by Crippen LogP contribution is -2.43. The average Bonchev–Trinajstić information content (AvgIpc) is 3.09. The first-order valence-corrected chi connectivity index (χ1v) is 7.96. The Morgan fingerprint density at radius 2 is 2.30 bits per heavy atom. The lowest BCUT2D eigenvalue weighted by Gasteiger charge is -2.23. The van der Waals surface area contributed by atoms with Crippen LogP contribution in [0.1, 0.15) is 39.0 Å². The van der Waals surface area contributed by atoms with Gasteiger partial charge in [-0.05, 0) is 50.6 Å². The quantitative estimate of drug-likeness (QED) is 0.518. The van der Waals surface area contributed by atoms with Crippen molar-refractivity contribution in [2.45, 2.75) is 45.1 Å². The van der Waals surface area contributed by atoms with Crippen LogP contribution in [0.3, 0.4) is 0 Å². The number of hydrogen-bond acceptors (Lipinski definition) is 3. The molecule has 1 saturated heterocycles. The Bertz CT molecular complexity index is 328. The van der Waals surface area contributed by atoms with Crippen molar-refractivity contribution < 1.29 is 4.74 Å². The van der Waals surface area contributed by atoms with Crippen LogP contribution in [0.15, 0.2) is 4.99 Å². The van der Waals surface area contributed by atoms with Crippen LogP contribution in [0.25, 0.3) is 0 Å². The van der Waals surface area contributed by atoms with Crippen LogP contribution in [-0.4, -0.2) is 56.8 Å². The summed E-state index contributed by atoms with van der Waals surface area (Å²) in [6.07, 6.45) is 6.20. The van der Waals surface area contributed by atoms with Crippen LogP contribution < -0.4 is 11.1 Å². The topological polar surface area (TPSA) is 62.9 Å². The molecule has 5 heteroatoms. The van der Waals surface area contributed by atoms with Crippen LogP contribution in [-0.2, 0) is 4.74 Å². The highest BCUT2D eigenvalue weighted by Gasteiger charge is 2.41. The zero-order valence-electron chi connectivity index (χ0n) is 13.0. The first-order chi connectivity index (χ1) is 9.69. The summed E-state index contributed by atoms with van der Waals surface area (Å²) in [4.78, 5) is 7.05. The molecular weight excluding hydrogens is 252 g/mol. The van der Waals surface area contributed by atoms with Gasteiger partial charge in [0.25, 0.3) is 0 Å². The standard InChI is InChI=1S/C15H30N4O/c1-3-19-9-4-5-13(19)11-17-14(16)18-12-15(6-7-15)8-10-20-2/h13H,3-12H2,1-2H3,(H3,16,17,18). The summed E-state index contributed by atoms with van der Waals surface area (Å²) in [5.41, 5.74) is 6.37. The molecule has 5 nitrogen and oxygen atoms in total. The van der Waals surface area contributed by atoms with Crippen molar-refractivity contribution in [2.24, 2.45) is 16.1 Å². The fourth-order valence-corrected chi connectivity index (χ4v) is 3.06. The van der Waals surface area contributed by atoms with Crippen LogP contribution >= 0.6 is 0 Å². The third-order valence-corrected chi connectivity index (χ3v) is 4.80. The van der Waals surface area contributed by atoms with Crippen molar-refractivity contribution in [3.63, 3.8) is 0 Å². The molecule has 0 amide bonds. The molecule has 2 aliphatic rings. The van der Waals surface area contributed by atoms with Gasteiger partial charge in [0, 0.05) is 32.8 Å². The molecule has 116 valence electrons. The second-order valence-electron chi connectivity index (χ2n) is 6.25. The van der Waals surface area contributed by atoms with Crippen molar-refractivity contribution in [3.8, 4) is 0 Å². The van der Waals surface area contributed by atoms with E-state index in [1.165, 1.54) is 32.2 Å². The minimum absolute atomic E-state index is 0.380. The summed E-state index contributed by atoms with van der Waals surface area (Å²) >= 11 is 0. The number of rotatable bonds is 8. The Morgan fingerprint density at radius 1 is 1.50 bits per heavy atom. The Kier molecular flexibility index (Phi) is 5.66. The SMILES string of the molecule is CCN1CCCC1CNC(N)=NCC1(CCOC)CC1. The molecule has 2 fully saturated rings.